The molecule has 96 heavy (non-hydrogen) atoms. The van der Waals surface area contributed by atoms with E-state index in [1.165, 1.54) is 206 Å². The summed E-state index contributed by atoms with van der Waals surface area (Å²) in [5.74, 6) is 15.3. The Hall–Kier alpha value is -1.65. The van der Waals surface area contributed by atoms with Crippen LogP contribution in [0.1, 0.15) is 380 Å². The minimum atomic E-state index is 0.544. The van der Waals surface area contributed by atoms with Gasteiger partial charge in [-0.15, -0.1) is 0 Å². The highest BCUT2D eigenvalue weighted by atomic mass is 15.5. The van der Waals surface area contributed by atoms with E-state index in [9.17, 15) is 0 Å². The molecule has 0 N–H and O–H groups in total. The van der Waals surface area contributed by atoms with E-state index in [0.29, 0.717) is 6.04 Å². The third-order valence-corrected chi connectivity index (χ3v) is 24.3. The molecule has 5 fully saturated rings. The van der Waals surface area contributed by atoms with Crippen molar-refractivity contribution < 1.29 is 0 Å². The van der Waals surface area contributed by atoms with Crippen molar-refractivity contribution in [3.8, 4) is 0 Å². The van der Waals surface area contributed by atoms with Gasteiger partial charge in [-0.1, -0.05) is 295 Å². The van der Waals surface area contributed by atoms with Crippen molar-refractivity contribution in [2.24, 2.45) is 112 Å². The monoisotopic (exact) mass is 1340 g/mol. The highest BCUT2D eigenvalue weighted by Gasteiger charge is 2.28. The van der Waals surface area contributed by atoms with Gasteiger partial charge in [-0.3, -0.25) is 5.01 Å². The SMILES string of the molecule is C1CCC1.C1CCCC1.C1CCCCC1.CC(C)C1=CC(C(C)C)CC1.CC(C)C1=CC(C(C)C)CCC1.CC(C)C1=CCC(C(C)C)C1.CC(C)C1=CCCC(C(C)C)C1.CC(C)C1CC=NN(C(C)C)C1.CC(C)C1CCCN(C(C)C)C1.CC(C)C1CCN(C(C)C)C1. The summed E-state index contributed by atoms with van der Waals surface area (Å²) in [6, 6.07) is 2.04. The first-order valence-corrected chi connectivity index (χ1v) is 42.8. The van der Waals surface area contributed by atoms with Gasteiger partial charge < -0.3 is 9.80 Å². The fraction of sp³-hybridized carbons (Fsp3) is 0.902. The molecule has 4 heteroatoms. The first-order valence-electron chi connectivity index (χ1n) is 42.8. The van der Waals surface area contributed by atoms with E-state index in [1.54, 1.807) is 22.3 Å². The Balaban J connectivity index is 0.000000540. The second-order valence-corrected chi connectivity index (χ2v) is 36.8. The lowest BCUT2D eigenvalue weighted by molar-refractivity contribution is 0.117. The Labute approximate surface area is 606 Å². The maximum absolute atomic E-state index is 4.37. The lowest BCUT2D eigenvalue weighted by Gasteiger charge is -2.37. The zero-order valence-corrected chi connectivity index (χ0v) is 70.8. The molecule has 2 saturated heterocycles. The van der Waals surface area contributed by atoms with Crippen molar-refractivity contribution >= 4 is 6.21 Å². The van der Waals surface area contributed by atoms with Crippen LogP contribution < -0.4 is 0 Å². The summed E-state index contributed by atoms with van der Waals surface area (Å²) >= 11 is 0. The molecular formula is C92H178N4. The van der Waals surface area contributed by atoms with E-state index in [0.717, 1.165) is 132 Å². The average Bonchev–Trinajstić information content (AvgIpc) is 2.28. The predicted octanol–water partition coefficient (Wildman–Crippen LogP) is 28.7. The summed E-state index contributed by atoms with van der Waals surface area (Å²) in [6.45, 7) is 71.2. The molecule has 0 radical (unpaired) electrons. The van der Waals surface area contributed by atoms with Crippen LogP contribution in [0.15, 0.2) is 51.7 Å². The molecule has 7 unspecified atom stereocenters. The van der Waals surface area contributed by atoms with Crippen molar-refractivity contribution in [1.82, 2.24) is 14.8 Å². The van der Waals surface area contributed by atoms with E-state index in [2.05, 4.69) is 244 Å². The van der Waals surface area contributed by atoms with Crippen molar-refractivity contribution in [1.29, 1.82) is 0 Å². The summed E-state index contributed by atoms with van der Waals surface area (Å²) in [4.78, 5) is 5.21. The van der Waals surface area contributed by atoms with Crippen molar-refractivity contribution in [3.05, 3.63) is 46.6 Å². The third-order valence-electron chi connectivity index (χ3n) is 24.3. The zero-order valence-electron chi connectivity index (χ0n) is 70.8. The van der Waals surface area contributed by atoms with Crippen LogP contribution in [0.2, 0.25) is 0 Å². The van der Waals surface area contributed by atoms with Gasteiger partial charge in [0.2, 0.25) is 0 Å². The van der Waals surface area contributed by atoms with Gasteiger partial charge in [0, 0.05) is 44.0 Å². The number of hydrogen-bond donors (Lipinski definition) is 0. The Morgan fingerprint density at radius 2 is 0.688 bits per heavy atom. The van der Waals surface area contributed by atoms with Crippen LogP contribution in [-0.4, -0.2) is 71.9 Å². The number of hydrazone groups is 1. The molecule has 0 aromatic heterocycles. The lowest BCUT2D eigenvalue weighted by Crippen LogP contribution is -2.41. The molecule has 0 spiro atoms. The number of hydrogen-bond acceptors (Lipinski definition) is 4. The molecule has 3 aliphatic heterocycles. The molecule has 3 heterocycles. The van der Waals surface area contributed by atoms with Gasteiger partial charge in [0.15, 0.2) is 0 Å². The van der Waals surface area contributed by atoms with E-state index < -0.39 is 0 Å². The second-order valence-electron chi connectivity index (χ2n) is 36.8. The first kappa shape index (κ1) is 92.4. The standard InChI is InChI=1S/2C12H22.C11H23N.2C11H20.C10H20N2.C10H21N.C6H12.C5H10.C4H8/c3*1-9(2)11-6-5-7-12(8-11)10(3)4;2*1-8(2)10-5-6-11(7-10)9(3)4;1-8(2)10-5-6-11-12(7-10)9(3)4;1-8(2)10-5-6-11(7-10)9(3)4;1-2-4-6-5-3-1;1-2-4-5-3-1;1-2-4-3-1/h8-11H,5-7H2,1-4H3;6,9-10,12H,5,7-8H2,1-4H3;9-11H,5-8H2,1-4H3;7-10H,5-6H2,1-4H3;5,8-9,11H,6-7H2,1-4H3;6,8-10H,5,7H2,1-4H3;8-10H,5-7H2,1-4H3;1-6H2;1-5H2;1-4H2. The molecule has 0 bridgehead atoms. The maximum Gasteiger partial charge on any atom is 0.0414 e. The number of nitrogens with zero attached hydrogens (tertiary/aromatic N) is 4. The highest BCUT2D eigenvalue weighted by molar-refractivity contribution is 5.58. The topological polar surface area (TPSA) is 22.1 Å². The molecule has 0 aromatic rings. The van der Waals surface area contributed by atoms with Crippen LogP contribution >= 0.6 is 0 Å². The van der Waals surface area contributed by atoms with Crippen molar-refractivity contribution in [3.63, 3.8) is 0 Å². The molecular weight excluding hydrogens is 1160 g/mol. The molecule has 10 aliphatic rings. The third kappa shape index (κ3) is 41.5. The van der Waals surface area contributed by atoms with Gasteiger partial charge in [-0.05, 0) is 251 Å². The molecule has 3 saturated carbocycles. The molecule has 7 atom stereocenters. The summed E-state index contributed by atoms with van der Waals surface area (Å²) in [6.07, 6.45) is 53.6. The van der Waals surface area contributed by atoms with Crippen molar-refractivity contribution in [2.45, 2.75) is 398 Å². The molecule has 0 aromatic carbocycles. The van der Waals surface area contributed by atoms with E-state index in [4.69, 9.17) is 0 Å². The van der Waals surface area contributed by atoms with Crippen LogP contribution in [0.3, 0.4) is 0 Å². The Morgan fingerprint density at radius 1 is 0.302 bits per heavy atom. The quantitative estimate of drug-likeness (QED) is 0.162. The molecule has 10 rings (SSSR count). The Morgan fingerprint density at radius 3 is 1.02 bits per heavy atom. The smallest absolute Gasteiger partial charge is 0.0414 e. The molecule has 566 valence electrons. The molecule has 0 amide bonds. The Bertz CT molecular complexity index is 1940. The first-order chi connectivity index (χ1) is 45.3. The summed E-state index contributed by atoms with van der Waals surface area (Å²) < 4.78 is 0. The van der Waals surface area contributed by atoms with Crippen molar-refractivity contribution in [2.75, 3.05) is 32.7 Å². The minimum Gasteiger partial charge on any atom is -0.301 e. The van der Waals surface area contributed by atoms with Gasteiger partial charge in [-0.25, -0.2) is 0 Å². The normalized spacial score (nSPS) is 25.2. The molecule has 7 aliphatic carbocycles. The summed E-state index contributed by atoms with van der Waals surface area (Å²) in [5.41, 5.74) is 6.76. The maximum atomic E-state index is 4.37. The van der Waals surface area contributed by atoms with Crippen LogP contribution in [0, 0.1) is 107 Å². The van der Waals surface area contributed by atoms with Crippen LogP contribution in [0.5, 0.6) is 0 Å². The zero-order chi connectivity index (χ0) is 72.5. The highest BCUT2D eigenvalue weighted by Crippen LogP contribution is 2.37. The summed E-state index contributed by atoms with van der Waals surface area (Å²) in [7, 11) is 0. The van der Waals surface area contributed by atoms with Gasteiger partial charge in [0.1, 0.15) is 0 Å². The second kappa shape index (κ2) is 53.2. The van der Waals surface area contributed by atoms with E-state index >= 15 is 0 Å². The number of likely N-dealkylation sites (tertiary alicyclic amines) is 2. The molecule has 4 nitrogen and oxygen atoms in total. The average molecular weight is 1340 g/mol. The minimum absolute atomic E-state index is 0.544. The van der Waals surface area contributed by atoms with E-state index in [-0.39, 0.29) is 0 Å². The lowest BCUT2D eigenvalue weighted by atomic mass is 9.78. The number of allylic oxidation sites excluding steroid dienone is 8. The Kier molecular flexibility index (Phi) is 51.2. The van der Waals surface area contributed by atoms with Crippen LogP contribution in [-0.2, 0) is 0 Å². The predicted molar refractivity (Wildman–Crippen MR) is 438 cm³/mol. The number of rotatable bonds is 14. The van der Waals surface area contributed by atoms with E-state index in [1.807, 2.05) is 0 Å². The fourth-order valence-electron chi connectivity index (χ4n) is 15.1. The summed E-state index contributed by atoms with van der Waals surface area (Å²) in [5, 5.41) is 6.56. The van der Waals surface area contributed by atoms with Gasteiger partial charge >= 0.3 is 0 Å². The fourth-order valence-corrected chi connectivity index (χ4v) is 15.1. The van der Waals surface area contributed by atoms with Gasteiger partial charge in [0.05, 0.1) is 0 Å². The van der Waals surface area contributed by atoms with Crippen LogP contribution in [0.4, 0.5) is 0 Å². The van der Waals surface area contributed by atoms with Crippen LogP contribution in [0.25, 0.3) is 0 Å². The number of piperidine rings is 1. The van der Waals surface area contributed by atoms with Gasteiger partial charge in [0.25, 0.3) is 0 Å². The largest absolute Gasteiger partial charge is 0.301 e. The van der Waals surface area contributed by atoms with Gasteiger partial charge in [-0.2, -0.15) is 5.10 Å².